The van der Waals surface area contributed by atoms with E-state index in [4.69, 9.17) is 5.73 Å². The molecule has 5 rings (SSSR count). The van der Waals surface area contributed by atoms with Gasteiger partial charge in [0, 0.05) is 48.1 Å². The second-order valence-electron chi connectivity index (χ2n) is 8.90. The third-order valence-corrected chi connectivity index (χ3v) is 6.46. The molecule has 0 spiro atoms. The van der Waals surface area contributed by atoms with Gasteiger partial charge in [0.2, 0.25) is 11.9 Å². The molecule has 3 aromatic rings. The van der Waals surface area contributed by atoms with E-state index in [-0.39, 0.29) is 29.9 Å². The summed E-state index contributed by atoms with van der Waals surface area (Å²) in [6.07, 6.45) is 1.54. The van der Waals surface area contributed by atoms with Gasteiger partial charge in [-0.1, -0.05) is 24.8 Å². The van der Waals surface area contributed by atoms with Crippen LogP contribution in [0, 0.1) is 5.95 Å². The third-order valence-electron chi connectivity index (χ3n) is 6.46. The minimum atomic E-state index is -0.671. The first-order valence-electron chi connectivity index (χ1n) is 11.2. The summed E-state index contributed by atoms with van der Waals surface area (Å²) in [5.74, 6) is -0.525. The van der Waals surface area contributed by atoms with Crippen LogP contribution in [0.1, 0.15) is 30.7 Å². The predicted octanol–water partition coefficient (Wildman–Crippen LogP) is 3.24. The number of nitrogens with zero attached hydrogens (tertiary/aromatic N) is 4. The lowest BCUT2D eigenvalue weighted by atomic mass is 9.93. The molecule has 0 unspecified atom stereocenters. The molecule has 0 fully saturated rings. The van der Waals surface area contributed by atoms with E-state index >= 15 is 0 Å². The fourth-order valence-corrected chi connectivity index (χ4v) is 4.67. The molecule has 1 aromatic carbocycles. The zero-order valence-corrected chi connectivity index (χ0v) is 18.9. The minimum absolute atomic E-state index is 0.0140. The van der Waals surface area contributed by atoms with E-state index in [1.807, 2.05) is 36.9 Å². The highest BCUT2D eigenvalue weighted by Crippen LogP contribution is 2.34. The zero-order valence-electron chi connectivity index (χ0n) is 18.9. The summed E-state index contributed by atoms with van der Waals surface area (Å²) in [4.78, 5) is 18.4. The largest absolute Gasteiger partial charge is 0.385 e. The Morgan fingerprint density at radius 3 is 2.76 bits per heavy atom. The van der Waals surface area contributed by atoms with Crippen molar-refractivity contribution in [3.8, 4) is 22.4 Å². The first kappa shape index (κ1) is 21.2. The fourth-order valence-electron chi connectivity index (χ4n) is 4.67. The van der Waals surface area contributed by atoms with Gasteiger partial charge in [-0.15, -0.1) is 0 Å². The van der Waals surface area contributed by atoms with Gasteiger partial charge in [-0.25, -0.2) is 4.98 Å². The Balaban J connectivity index is 1.52. The predicted molar refractivity (Wildman–Crippen MR) is 127 cm³/mol. The average Bonchev–Trinajstić information content (AvgIpc) is 3.08. The number of carbonyl (C=O) groups excluding carboxylic acids is 1. The molecule has 0 bridgehead atoms. The molecule has 0 radical (unpaired) electrons. The van der Waals surface area contributed by atoms with Crippen molar-refractivity contribution in [3.63, 3.8) is 0 Å². The van der Waals surface area contributed by atoms with Crippen molar-refractivity contribution in [2.24, 2.45) is 0 Å². The highest BCUT2D eigenvalue weighted by atomic mass is 19.1. The van der Waals surface area contributed by atoms with E-state index in [0.29, 0.717) is 24.2 Å². The van der Waals surface area contributed by atoms with Gasteiger partial charge < -0.3 is 16.0 Å². The van der Waals surface area contributed by atoms with Crippen LogP contribution in [0.5, 0.6) is 0 Å². The molecular weight excluding hydrogens is 419 g/mol. The van der Waals surface area contributed by atoms with Crippen molar-refractivity contribution in [2.75, 3.05) is 18.8 Å². The average molecular weight is 447 g/mol. The van der Waals surface area contributed by atoms with Crippen LogP contribution in [0.4, 0.5) is 10.2 Å². The van der Waals surface area contributed by atoms with Crippen molar-refractivity contribution in [1.82, 2.24) is 25.0 Å². The number of nitrogen functional groups attached to an aromatic ring is 1. The van der Waals surface area contributed by atoms with Gasteiger partial charge in [-0.2, -0.15) is 9.49 Å². The Morgan fingerprint density at radius 1 is 1.15 bits per heavy atom. The van der Waals surface area contributed by atoms with Crippen LogP contribution >= 0.6 is 0 Å². The summed E-state index contributed by atoms with van der Waals surface area (Å²) in [5, 5.41) is 7.83. The van der Waals surface area contributed by atoms with Crippen LogP contribution in [0.2, 0.25) is 0 Å². The maximum atomic E-state index is 14.9. The number of nitrogens with two attached hydrogens (primary N) is 1. The number of aromatic nitrogens is 3. The fraction of sp³-hybridized carbons (Fsp3) is 0.320. The van der Waals surface area contributed by atoms with E-state index < -0.39 is 5.95 Å². The summed E-state index contributed by atoms with van der Waals surface area (Å²) in [6.45, 7) is 9.65. The molecule has 1 amide bonds. The Hall–Kier alpha value is -3.68. The summed E-state index contributed by atoms with van der Waals surface area (Å²) < 4.78 is 16.6. The van der Waals surface area contributed by atoms with E-state index in [2.05, 4.69) is 28.0 Å². The number of fused-ring (bicyclic) bond motifs is 2. The van der Waals surface area contributed by atoms with Crippen LogP contribution < -0.4 is 11.1 Å². The quantitative estimate of drug-likeness (QED) is 0.603. The number of benzene rings is 1. The summed E-state index contributed by atoms with van der Waals surface area (Å²) >= 11 is 0. The van der Waals surface area contributed by atoms with Crippen molar-refractivity contribution in [3.05, 3.63) is 59.7 Å². The highest BCUT2D eigenvalue weighted by molar-refractivity contribution is 5.81. The van der Waals surface area contributed by atoms with Crippen molar-refractivity contribution in [1.29, 1.82) is 0 Å². The molecule has 2 aliphatic heterocycles. The molecule has 33 heavy (non-hydrogen) atoms. The van der Waals surface area contributed by atoms with E-state index in [1.54, 1.807) is 10.7 Å². The number of pyridine rings is 1. The molecule has 2 aromatic heterocycles. The summed E-state index contributed by atoms with van der Waals surface area (Å²) in [7, 11) is 0. The number of hydrogen-bond donors (Lipinski definition) is 2. The van der Waals surface area contributed by atoms with Crippen LogP contribution in [0.25, 0.3) is 28.1 Å². The van der Waals surface area contributed by atoms with Crippen LogP contribution in [0.15, 0.2) is 36.9 Å². The van der Waals surface area contributed by atoms with E-state index in [0.717, 1.165) is 35.5 Å². The zero-order chi connectivity index (χ0) is 23.3. The van der Waals surface area contributed by atoms with Gasteiger partial charge in [0.15, 0.2) is 0 Å². The first-order valence-corrected chi connectivity index (χ1v) is 11.2. The molecule has 170 valence electrons. The van der Waals surface area contributed by atoms with Crippen LogP contribution in [0.3, 0.4) is 0 Å². The van der Waals surface area contributed by atoms with Crippen molar-refractivity contribution < 1.29 is 9.18 Å². The number of amides is 1. The Labute approximate surface area is 192 Å². The van der Waals surface area contributed by atoms with Gasteiger partial charge >= 0.3 is 0 Å². The Bertz CT molecular complexity index is 1280. The number of hydrogen-bond acceptors (Lipinski definition) is 5. The van der Waals surface area contributed by atoms with Crippen molar-refractivity contribution in [2.45, 2.75) is 39.3 Å². The number of carbonyl (C=O) groups is 1. The van der Waals surface area contributed by atoms with E-state index in [1.165, 1.54) is 5.56 Å². The molecule has 4 heterocycles. The monoisotopic (exact) mass is 446 g/mol. The lowest BCUT2D eigenvalue weighted by Crippen LogP contribution is -2.38. The second-order valence-corrected chi connectivity index (χ2v) is 8.90. The molecule has 0 saturated carbocycles. The maximum Gasteiger partial charge on any atom is 0.244 e. The third kappa shape index (κ3) is 3.75. The molecule has 0 aliphatic carbocycles. The van der Waals surface area contributed by atoms with Crippen LogP contribution in [-0.2, 0) is 24.2 Å². The molecule has 0 atom stereocenters. The summed E-state index contributed by atoms with van der Waals surface area (Å²) in [6, 6.07) is 9.71. The second kappa shape index (κ2) is 8.03. The Kier molecular flexibility index (Phi) is 5.15. The highest BCUT2D eigenvalue weighted by Gasteiger charge is 2.25. The molecule has 8 heteroatoms. The normalized spacial score (nSPS) is 15.8. The number of nitrogens with one attached hydrogen (secondary N) is 1. The number of rotatable bonds is 3. The molecule has 3 N–H and O–H groups in total. The number of anilines is 1. The van der Waals surface area contributed by atoms with Crippen LogP contribution in [-0.4, -0.2) is 44.7 Å². The first-order chi connectivity index (χ1) is 15.8. The van der Waals surface area contributed by atoms with Gasteiger partial charge in [0.05, 0.1) is 11.3 Å². The maximum absolute atomic E-state index is 14.9. The topological polar surface area (TPSA) is 89.1 Å². The standard InChI is InChI=1S/C25H27FN6O/c1-14(2)31-9-7-18-11-22(30-32(18)13-23(31)33)21-12-20(25(27)29-24(21)26)16-4-5-19-15(3)28-8-6-17(19)10-16/h4-5,10-12,14,28H,3,6-9,13H2,1-2H3,(H2,27,29). The molecular formula is C25H27FN6O. The molecule has 0 saturated heterocycles. The smallest absolute Gasteiger partial charge is 0.244 e. The number of halogens is 1. The molecule has 7 nitrogen and oxygen atoms in total. The van der Waals surface area contributed by atoms with Gasteiger partial charge in [0.1, 0.15) is 12.4 Å². The lowest BCUT2D eigenvalue weighted by molar-refractivity contribution is -0.133. The van der Waals surface area contributed by atoms with Gasteiger partial charge in [-0.3, -0.25) is 9.48 Å². The lowest BCUT2D eigenvalue weighted by Gasteiger charge is -2.24. The minimum Gasteiger partial charge on any atom is -0.385 e. The Morgan fingerprint density at radius 2 is 1.97 bits per heavy atom. The van der Waals surface area contributed by atoms with E-state index in [9.17, 15) is 9.18 Å². The summed E-state index contributed by atoms with van der Waals surface area (Å²) in [5.41, 5.74) is 12.4. The van der Waals surface area contributed by atoms with Gasteiger partial charge in [-0.05, 0) is 43.5 Å². The SMILES string of the molecule is C=C1NCCc2cc(-c3cc(-c4cc5n(n4)CC(=O)N(C(C)C)CC5)c(F)nc3N)ccc21. The van der Waals surface area contributed by atoms with Crippen molar-refractivity contribution >= 4 is 17.4 Å². The van der Waals surface area contributed by atoms with Gasteiger partial charge in [0.25, 0.3) is 0 Å². The molecule has 2 aliphatic rings.